The first-order valence-corrected chi connectivity index (χ1v) is 9.90. The highest BCUT2D eigenvalue weighted by Gasteiger charge is 2.54. The maximum absolute atomic E-state index is 12.3. The molecule has 0 heterocycles. The Morgan fingerprint density at radius 2 is 1.93 bits per heavy atom. The Labute approximate surface area is 162 Å². The van der Waals surface area contributed by atoms with Crippen molar-refractivity contribution in [1.29, 1.82) is 0 Å². The summed E-state index contributed by atoms with van der Waals surface area (Å²) in [7, 11) is 1.61. The zero-order chi connectivity index (χ0) is 19.6. The molecule has 0 bridgehead atoms. The number of methoxy groups -OCH3 is 1. The van der Waals surface area contributed by atoms with Crippen molar-refractivity contribution in [3.8, 4) is 5.75 Å². The van der Waals surface area contributed by atoms with Crippen LogP contribution in [0, 0.1) is 23.2 Å². The summed E-state index contributed by atoms with van der Waals surface area (Å²) < 4.78 is 16.7. The van der Waals surface area contributed by atoms with E-state index < -0.39 is 0 Å². The zero-order valence-electron chi connectivity index (χ0n) is 17.2. The number of Topliss-reactive ketones (excluding diaryl/α,β-unsaturated/α-hetero) is 1. The molecule has 1 aromatic carbocycles. The SMILES string of the molecule is COCOCc1ccc(O[C@H]2C=C(C(C)=O)[C@]3(C)C[C@H](C)C[C@H](C)[C@@H]23)cc1. The highest BCUT2D eigenvalue weighted by molar-refractivity contribution is 5.95. The molecule has 0 amide bonds. The minimum absolute atomic E-state index is 0.0491. The first-order valence-electron chi connectivity index (χ1n) is 9.90. The maximum atomic E-state index is 12.3. The van der Waals surface area contributed by atoms with Gasteiger partial charge in [-0.1, -0.05) is 32.9 Å². The van der Waals surface area contributed by atoms with Gasteiger partial charge in [-0.3, -0.25) is 4.79 Å². The third-order valence-corrected chi connectivity index (χ3v) is 6.24. The van der Waals surface area contributed by atoms with E-state index in [9.17, 15) is 4.79 Å². The van der Waals surface area contributed by atoms with Gasteiger partial charge in [0, 0.05) is 24.0 Å². The van der Waals surface area contributed by atoms with E-state index in [0.717, 1.165) is 23.3 Å². The number of rotatable bonds is 7. The lowest BCUT2D eigenvalue weighted by Gasteiger charge is -2.46. The summed E-state index contributed by atoms with van der Waals surface area (Å²) in [6.07, 6.45) is 4.29. The van der Waals surface area contributed by atoms with Crippen LogP contribution in [0.15, 0.2) is 35.9 Å². The Kier molecular flexibility index (Phi) is 6.07. The van der Waals surface area contributed by atoms with E-state index in [4.69, 9.17) is 14.2 Å². The van der Waals surface area contributed by atoms with Gasteiger partial charge in [0.2, 0.25) is 0 Å². The predicted octanol–water partition coefficient (Wildman–Crippen LogP) is 4.77. The van der Waals surface area contributed by atoms with Gasteiger partial charge < -0.3 is 14.2 Å². The molecule has 0 unspecified atom stereocenters. The van der Waals surface area contributed by atoms with Crippen LogP contribution in [-0.4, -0.2) is 25.8 Å². The van der Waals surface area contributed by atoms with Crippen LogP contribution < -0.4 is 4.74 Å². The maximum Gasteiger partial charge on any atom is 0.156 e. The van der Waals surface area contributed by atoms with Crippen molar-refractivity contribution in [2.75, 3.05) is 13.9 Å². The molecule has 1 fully saturated rings. The van der Waals surface area contributed by atoms with Crippen LogP contribution >= 0.6 is 0 Å². The largest absolute Gasteiger partial charge is 0.486 e. The lowest BCUT2D eigenvalue weighted by molar-refractivity contribution is -0.115. The first kappa shape index (κ1) is 20.1. The molecule has 5 atom stereocenters. The number of allylic oxidation sites excluding steroid dienone is 1. The molecule has 27 heavy (non-hydrogen) atoms. The normalized spacial score (nSPS) is 32.7. The van der Waals surface area contributed by atoms with Crippen molar-refractivity contribution >= 4 is 5.78 Å². The van der Waals surface area contributed by atoms with Crippen molar-refractivity contribution < 1.29 is 19.0 Å². The molecule has 2 aliphatic carbocycles. The Morgan fingerprint density at radius 3 is 2.56 bits per heavy atom. The molecule has 4 heteroatoms. The summed E-state index contributed by atoms with van der Waals surface area (Å²) in [5.41, 5.74) is 1.96. The molecule has 4 nitrogen and oxygen atoms in total. The highest BCUT2D eigenvalue weighted by atomic mass is 16.7. The summed E-state index contributed by atoms with van der Waals surface area (Å²) in [6, 6.07) is 8.00. The second kappa shape index (κ2) is 8.15. The Bertz CT molecular complexity index is 693. The van der Waals surface area contributed by atoms with E-state index in [2.05, 4.69) is 26.8 Å². The van der Waals surface area contributed by atoms with Crippen LogP contribution in [0.3, 0.4) is 0 Å². The van der Waals surface area contributed by atoms with Gasteiger partial charge in [-0.25, -0.2) is 0 Å². The number of ether oxygens (including phenoxy) is 3. The molecule has 0 N–H and O–H groups in total. The molecule has 0 aromatic heterocycles. The van der Waals surface area contributed by atoms with Gasteiger partial charge in [0.1, 0.15) is 18.6 Å². The zero-order valence-corrected chi connectivity index (χ0v) is 17.2. The molecule has 0 radical (unpaired) electrons. The number of hydrogen-bond donors (Lipinski definition) is 0. The fourth-order valence-electron chi connectivity index (χ4n) is 5.48. The second-order valence-corrected chi connectivity index (χ2v) is 8.58. The average Bonchev–Trinajstić information content (AvgIpc) is 2.89. The number of ketones is 1. The Hall–Kier alpha value is -1.65. The summed E-state index contributed by atoms with van der Waals surface area (Å²) >= 11 is 0. The standard InChI is InChI=1S/C23H32O4/c1-15-10-16(2)22-21(11-20(17(3)24)23(22,4)12-15)27-19-8-6-18(7-9-19)13-26-14-25-5/h6-9,11,15-16,21-22H,10,12-14H2,1-5H3/t15-,16+,21+,22+,23+/m1/s1. The van der Waals surface area contributed by atoms with Gasteiger partial charge in [-0.05, 0) is 55.4 Å². The van der Waals surface area contributed by atoms with E-state index in [0.29, 0.717) is 24.4 Å². The van der Waals surface area contributed by atoms with Crippen molar-refractivity contribution in [3.05, 3.63) is 41.5 Å². The highest BCUT2D eigenvalue weighted by Crippen LogP contribution is 2.57. The fourth-order valence-corrected chi connectivity index (χ4v) is 5.48. The molecule has 0 aliphatic heterocycles. The minimum atomic E-state index is -0.0818. The molecule has 148 valence electrons. The topological polar surface area (TPSA) is 44.8 Å². The van der Waals surface area contributed by atoms with E-state index >= 15 is 0 Å². The molecule has 0 spiro atoms. The Balaban J connectivity index is 1.77. The van der Waals surface area contributed by atoms with E-state index in [1.54, 1.807) is 14.0 Å². The minimum Gasteiger partial charge on any atom is -0.486 e. The van der Waals surface area contributed by atoms with Gasteiger partial charge in [-0.15, -0.1) is 0 Å². The van der Waals surface area contributed by atoms with E-state index in [1.807, 2.05) is 24.3 Å². The average molecular weight is 373 g/mol. The number of carbonyl (C=O) groups excluding carboxylic acids is 1. The Morgan fingerprint density at radius 1 is 1.22 bits per heavy atom. The summed E-state index contributed by atoms with van der Waals surface area (Å²) in [4.78, 5) is 12.3. The van der Waals surface area contributed by atoms with Crippen molar-refractivity contribution in [2.45, 2.75) is 53.2 Å². The van der Waals surface area contributed by atoms with E-state index in [1.165, 1.54) is 6.42 Å². The molecular weight excluding hydrogens is 340 g/mol. The number of carbonyl (C=O) groups is 1. The molecule has 1 saturated carbocycles. The van der Waals surface area contributed by atoms with Crippen LogP contribution in [0.4, 0.5) is 0 Å². The molecule has 2 aliphatic rings. The number of benzene rings is 1. The third kappa shape index (κ3) is 4.12. The van der Waals surface area contributed by atoms with Gasteiger partial charge in [-0.2, -0.15) is 0 Å². The van der Waals surface area contributed by atoms with Gasteiger partial charge in [0.15, 0.2) is 5.78 Å². The smallest absolute Gasteiger partial charge is 0.156 e. The van der Waals surface area contributed by atoms with Crippen LogP contribution in [-0.2, 0) is 20.9 Å². The van der Waals surface area contributed by atoms with Crippen molar-refractivity contribution in [1.82, 2.24) is 0 Å². The lowest BCUT2D eigenvalue weighted by atomic mass is 9.58. The van der Waals surface area contributed by atoms with E-state index in [-0.39, 0.29) is 24.1 Å². The van der Waals surface area contributed by atoms with Crippen LogP contribution in [0.2, 0.25) is 0 Å². The van der Waals surface area contributed by atoms with Gasteiger partial charge >= 0.3 is 0 Å². The lowest BCUT2D eigenvalue weighted by Crippen LogP contribution is -2.44. The monoisotopic (exact) mass is 372 g/mol. The molecule has 3 rings (SSSR count). The van der Waals surface area contributed by atoms with Crippen LogP contribution in [0.1, 0.15) is 46.1 Å². The van der Waals surface area contributed by atoms with Crippen LogP contribution in [0.5, 0.6) is 5.75 Å². The fraction of sp³-hybridized carbons (Fsp3) is 0.609. The third-order valence-electron chi connectivity index (χ3n) is 6.24. The van der Waals surface area contributed by atoms with Crippen LogP contribution in [0.25, 0.3) is 0 Å². The van der Waals surface area contributed by atoms with Gasteiger partial charge in [0.05, 0.1) is 6.61 Å². The second-order valence-electron chi connectivity index (χ2n) is 8.58. The predicted molar refractivity (Wildman–Crippen MR) is 105 cm³/mol. The number of fused-ring (bicyclic) bond motifs is 1. The summed E-state index contributed by atoms with van der Waals surface area (Å²) in [5, 5.41) is 0. The number of hydrogen-bond acceptors (Lipinski definition) is 4. The first-order chi connectivity index (χ1) is 12.8. The molecule has 1 aromatic rings. The van der Waals surface area contributed by atoms with Gasteiger partial charge in [0.25, 0.3) is 0 Å². The summed E-state index contributed by atoms with van der Waals surface area (Å²) in [5.74, 6) is 2.52. The summed E-state index contributed by atoms with van der Waals surface area (Å²) in [6.45, 7) is 9.36. The quantitative estimate of drug-likeness (QED) is 0.511. The molecular formula is C23H32O4. The van der Waals surface area contributed by atoms with Crippen molar-refractivity contribution in [3.63, 3.8) is 0 Å². The van der Waals surface area contributed by atoms with Crippen molar-refractivity contribution in [2.24, 2.45) is 23.2 Å². The molecule has 0 saturated heterocycles.